The van der Waals surface area contributed by atoms with E-state index in [1.165, 1.54) is 89.9 Å². The Hall–Kier alpha value is -0.120. The molecule has 2 atom stereocenters. The van der Waals surface area contributed by atoms with Crippen LogP contribution in [0, 0.1) is 0 Å². The fourth-order valence-electron chi connectivity index (χ4n) is 3.07. The first-order valence-corrected chi connectivity index (χ1v) is 10.3. The highest BCUT2D eigenvalue weighted by molar-refractivity contribution is 4.55. The van der Waals surface area contributed by atoms with Crippen molar-refractivity contribution < 1.29 is 10.2 Å². The SMILES string of the molecule is CCCCCCCCCCCCCCCCCC(O)NC(C)O. The van der Waals surface area contributed by atoms with Crippen LogP contribution >= 0.6 is 0 Å². The minimum atomic E-state index is -0.624. The van der Waals surface area contributed by atoms with E-state index in [4.69, 9.17) is 5.11 Å². The van der Waals surface area contributed by atoms with Gasteiger partial charge in [-0.25, -0.2) is 0 Å². The summed E-state index contributed by atoms with van der Waals surface area (Å²) in [5.74, 6) is 0. The average Bonchev–Trinajstić information content (AvgIpc) is 2.50. The predicted octanol–water partition coefficient (Wildman–Crippen LogP) is 5.49. The Morgan fingerprint density at radius 3 is 1.30 bits per heavy atom. The van der Waals surface area contributed by atoms with Gasteiger partial charge in [0.25, 0.3) is 0 Å². The van der Waals surface area contributed by atoms with E-state index in [9.17, 15) is 5.11 Å². The number of hydrogen-bond acceptors (Lipinski definition) is 3. The van der Waals surface area contributed by atoms with Crippen LogP contribution in [-0.2, 0) is 0 Å². The maximum atomic E-state index is 9.55. The summed E-state index contributed by atoms with van der Waals surface area (Å²) in [5.41, 5.74) is 0. The van der Waals surface area contributed by atoms with E-state index in [0.717, 1.165) is 12.8 Å². The fraction of sp³-hybridized carbons (Fsp3) is 1.00. The first kappa shape index (κ1) is 22.9. The summed E-state index contributed by atoms with van der Waals surface area (Å²) in [4.78, 5) is 0. The summed E-state index contributed by atoms with van der Waals surface area (Å²) in [7, 11) is 0. The second-order valence-corrected chi connectivity index (χ2v) is 7.10. The molecule has 2 unspecified atom stereocenters. The average molecular weight is 330 g/mol. The molecule has 0 aromatic heterocycles. The smallest absolute Gasteiger partial charge is 0.106 e. The number of hydrogen-bond donors (Lipinski definition) is 3. The van der Waals surface area contributed by atoms with E-state index >= 15 is 0 Å². The highest BCUT2D eigenvalue weighted by Gasteiger charge is 2.04. The standard InChI is InChI=1S/C20H43NO2/c1-3-4-5-6-7-8-9-10-11-12-13-14-15-16-17-18-20(23)21-19(2)22/h19-23H,3-18H2,1-2H3. The van der Waals surface area contributed by atoms with Crippen molar-refractivity contribution in [2.75, 3.05) is 0 Å². The molecular weight excluding hydrogens is 286 g/mol. The Bertz CT molecular complexity index is 222. The number of rotatable bonds is 18. The number of unbranched alkanes of at least 4 members (excludes halogenated alkanes) is 14. The maximum absolute atomic E-state index is 9.55. The highest BCUT2D eigenvalue weighted by Crippen LogP contribution is 2.13. The lowest BCUT2D eigenvalue weighted by Gasteiger charge is -2.14. The van der Waals surface area contributed by atoms with E-state index in [1.807, 2.05) is 0 Å². The van der Waals surface area contributed by atoms with Crippen LogP contribution in [0.25, 0.3) is 0 Å². The van der Waals surface area contributed by atoms with Crippen LogP contribution in [0.1, 0.15) is 117 Å². The lowest BCUT2D eigenvalue weighted by molar-refractivity contribution is 0.0459. The van der Waals surface area contributed by atoms with Crippen LogP contribution < -0.4 is 5.32 Å². The molecule has 0 saturated heterocycles. The minimum absolute atomic E-state index is 0.558. The number of aliphatic hydroxyl groups is 2. The fourth-order valence-corrected chi connectivity index (χ4v) is 3.07. The summed E-state index contributed by atoms with van der Waals surface area (Å²) in [5, 5.41) is 21.3. The Balaban J connectivity index is 3.05. The lowest BCUT2D eigenvalue weighted by atomic mass is 10.0. The van der Waals surface area contributed by atoms with Gasteiger partial charge >= 0.3 is 0 Å². The van der Waals surface area contributed by atoms with Crippen molar-refractivity contribution in [1.29, 1.82) is 0 Å². The molecule has 0 bridgehead atoms. The summed E-state index contributed by atoms with van der Waals surface area (Å²) < 4.78 is 0. The van der Waals surface area contributed by atoms with E-state index < -0.39 is 12.5 Å². The van der Waals surface area contributed by atoms with Gasteiger partial charge in [0.2, 0.25) is 0 Å². The molecule has 0 spiro atoms. The van der Waals surface area contributed by atoms with Gasteiger partial charge in [0.1, 0.15) is 12.5 Å². The summed E-state index contributed by atoms with van der Waals surface area (Å²) in [6.45, 7) is 3.91. The zero-order valence-electron chi connectivity index (χ0n) is 15.9. The van der Waals surface area contributed by atoms with Crippen molar-refractivity contribution in [2.24, 2.45) is 0 Å². The monoisotopic (exact) mass is 329 g/mol. The van der Waals surface area contributed by atoms with E-state index in [0.29, 0.717) is 0 Å². The molecule has 0 saturated carbocycles. The zero-order valence-corrected chi connectivity index (χ0v) is 15.9. The molecule has 3 N–H and O–H groups in total. The van der Waals surface area contributed by atoms with Crippen LogP contribution in [0.15, 0.2) is 0 Å². The van der Waals surface area contributed by atoms with Gasteiger partial charge in [-0.3, -0.25) is 5.32 Å². The van der Waals surface area contributed by atoms with Gasteiger partial charge < -0.3 is 10.2 Å². The van der Waals surface area contributed by atoms with Gasteiger partial charge in [-0.1, -0.05) is 96.8 Å². The Morgan fingerprint density at radius 1 is 0.609 bits per heavy atom. The van der Waals surface area contributed by atoms with Gasteiger partial charge in [-0.2, -0.15) is 0 Å². The molecule has 3 heteroatoms. The van der Waals surface area contributed by atoms with Crippen LogP contribution in [0.2, 0.25) is 0 Å². The molecule has 140 valence electrons. The zero-order chi connectivity index (χ0) is 17.2. The Morgan fingerprint density at radius 2 is 0.957 bits per heavy atom. The van der Waals surface area contributed by atoms with Crippen molar-refractivity contribution in [1.82, 2.24) is 5.32 Å². The molecule has 0 heterocycles. The molecule has 3 nitrogen and oxygen atoms in total. The molecule has 0 fully saturated rings. The van der Waals surface area contributed by atoms with Gasteiger partial charge in [0.15, 0.2) is 0 Å². The highest BCUT2D eigenvalue weighted by atomic mass is 16.3. The quantitative estimate of drug-likeness (QED) is 0.230. The molecule has 0 aliphatic heterocycles. The first-order valence-electron chi connectivity index (χ1n) is 10.3. The Kier molecular flexibility index (Phi) is 18.1. The predicted molar refractivity (Wildman–Crippen MR) is 100 cm³/mol. The third kappa shape index (κ3) is 19.8. The van der Waals surface area contributed by atoms with Gasteiger partial charge in [-0.05, 0) is 19.8 Å². The second kappa shape index (κ2) is 18.2. The largest absolute Gasteiger partial charge is 0.379 e. The van der Waals surface area contributed by atoms with Crippen molar-refractivity contribution in [3.05, 3.63) is 0 Å². The summed E-state index contributed by atoms with van der Waals surface area (Å²) in [6.07, 6.45) is 19.9. The van der Waals surface area contributed by atoms with Crippen molar-refractivity contribution in [3.63, 3.8) is 0 Å². The van der Waals surface area contributed by atoms with Crippen LogP contribution in [0.5, 0.6) is 0 Å². The summed E-state index contributed by atoms with van der Waals surface area (Å²) in [6, 6.07) is 0. The van der Waals surface area contributed by atoms with Gasteiger partial charge in [0, 0.05) is 0 Å². The first-order chi connectivity index (χ1) is 11.2. The van der Waals surface area contributed by atoms with E-state index in [-0.39, 0.29) is 0 Å². The maximum Gasteiger partial charge on any atom is 0.106 e. The van der Waals surface area contributed by atoms with Crippen molar-refractivity contribution in [3.8, 4) is 0 Å². The molecule has 23 heavy (non-hydrogen) atoms. The minimum Gasteiger partial charge on any atom is -0.379 e. The van der Waals surface area contributed by atoms with Crippen LogP contribution in [-0.4, -0.2) is 22.7 Å². The van der Waals surface area contributed by atoms with Gasteiger partial charge in [-0.15, -0.1) is 0 Å². The Labute approximate surface area is 145 Å². The van der Waals surface area contributed by atoms with Crippen LogP contribution in [0.4, 0.5) is 0 Å². The third-order valence-corrected chi connectivity index (χ3v) is 4.51. The van der Waals surface area contributed by atoms with Crippen molar-refractivity contribution in [2.45, 2.75) is 129 Å². The second-order valence-electron chi connectivity index (χ2n) is 7.10. The van der Waals surface area contributed by atoms with E-state index in [1.54, 1.807) is 6.92 Å². The topological polar surface area (TPSA) is 52.5 Å². The van der Waals surface area contributed by atoms with E-state index in [2.05, 4.69) is 12.2 Å². The molecule has 0 radical (unpaired) electrons. The molecular formula is C20H43NO2. The van der Waals surface area contributed by atoms with Gasteiger partial charge in [0.05, 0.1) is 0 Å². The molecule has 0 amide bonds. The summed E-state index contributed by atoms with van der Waals surface area (Å²) >= 11 is 0. The molecule has 0 aliphatic carbocycles. The molecule has 0 aliphatic rings. The number of aliphatic hydroxyl groups excluding tert-OH is 2. The lowest BCUT2D eigenvalue weighted by Crippen LogP contribution is -2.35. The molecule has 0 aromatic rings. The normalized spacial score (nSPS) is 14.1. The van der Waals surface area contributed by atoms with Crippen LogP contribution in [0.3, 0.4) is 0 Å². The number of nitrogens with one attached hydrogen (secondary N) is 1. The van der Waals surface area contributed by atoms with Crippen molar-refractivity contribution >= 4 is 0 Å². The molecule has 0 aromatic carbocycles. The third-order valence-electron chi connectivity index (χ3n) is 4.51. The molecule has 0 rings (SSSR count).